The summed E-state index contributed by atoms with van der Waals surface area (Å²) >= 11 is 0. The molecule has 2 aliphatic rings. The van der Waals surface area contributed by atoms with E-state index in [9.17, 15) is 9.59 Å². The molecule has 0 aromatic rings. The lowest BCUT2D eigenvalue weighted by Crippen LogP contribution is -2.50. The molecule has 120 valence electrons. The highest BCUT2D eigenvalue weighted by atomic mass is 16.4. The summed E-state index contributed by atoms with van der Waals surface area (Å²) in [4.78, 5) is 25.0. The number of carbonyl (C=O) groups is 2. The highest BCUT2D eigenvalue weighted by molar-refractivity contribution is 5.74. The molecule has 6 heteroatoms. The SMILES string of the molecule is CC(CCC(=O)O)CNC(=O)NC1CCN2CCCCC12. The smallest absolute Gasteiger partial charge is 0.315 e. The van der Waals surface area contributed by atoms with Crippen LogP contribution < -0.4 is 10.6 Å². The quantitative estimate of drug-likeness (QED) is 0.692. The summed E-state index contributed by atoms with van der Waals surface area (Å²) in [6.07, 6.45) is 5.50. The molecule has 0 spiro atoms. The Morgan fingerprint density at radius 2 is 2.10 bits per heavy atom. The van der Waals surface area contributed by atoms with Crippen molar-refractivity contribution in [3.8, 4) is 0 Å². The van der Waals surface area contributed by atoms with Crippen LogP contribution in [0, 0.1) is 5.92 Å². The molecule has 2 heterocycles. The molecule has 2 fully saturated rings. The van der Waals surface area contributed by atoms with Crippen LogP contribution in [-0.4, -0.2) is 53.7 Å². The molecule has 0 aliphatic carbocycles. The molecule has 2 amide bonds. The van der Waals surface area contributed by atoms with Crippen molar-refractivity contribution in [2.45, 2.75) is 57.5 Å². The number of hydrogen-bond acceptors (Lipinski definition) is 3. The van der Waals surface area contributed by atoms with Crippen molar-refractivity contribution in [1.29, 1.82) is 0 Å². The summed E-state index contributed by atoms with van der Waals surface area (Å²) in [5, 5.41) is 14.6. The van der Waals surface area contributed by atoms with Gasteiger partial charge >= 0.3 is 12.0 Å². The molecule has 6 nitrogen and oxygen atoms in total. The monoisotopic (exact) mass is 297 g/mol. The van der Waals surface area contributed by atoms with Crippen molar-refractivity contribution in [3.05, 3.63) is 0 Å². The van der Waals surface area contributed by atoms with Crippen molar-refractivity contribution >= 4 is 12.0 Å². The number of aliphatic carboxylic acids is 1. The molecule has 0 aromatic carbocycles. The van der Waals surface area contributed by atoms with Gasteiger partial charge in [-0.1, -0.05) is 13.3 Å². The lowest BCUT2D eigenvalue weighted by molar-refractivity contribution is -0.137. The fraction of sp³-hybridized carbons (Fsp3) is 0.867. The summed E-state index contributed by atoms with van der Waals surface area (Å²) in [7, 11) is 0. The van der Waals surface area contributed by atoms with Gasteiger partial charge in [0.15, 0.2) is 0 Å². The summed E-state index contributed by atoms with van der Waals surface area (Å²) in [5.41, 5.74) is 0. The third-order valence-corrected chi connectivity index (χ3v) is 4.63. The number of urea groups is 1. The average Bonchev–Trinajstić information content (AvgIpc) is 2.86. The first-order valence-electron chi connectivity index (χ1n) is 8.06. The zero-order valence-electron chi connectivity index (χ0n) is 12.8. The van der Waals surface area contributed by atoms with E-state index in [0.717, 1.165) is 19.5 Å². The maximum absolute atomic E-state index is 12.0. The number of amides is 2. The van der Waals surface area contributed by atoms with Crippen LogP contribution in [0.2, 0.25) is 0 Å². The molecule has 21 heavy (non-hydrogen) atoms. The molecular weight excluding hydrogens is 270 g/mol. The maximum Gasteiger partial charge on any atom is 0.315 e. The number of carboxylic acid groups (broad SMARTS) is 1. The molecule has 0 radical (unpaired) electrons. The number of carbonyl (C=O) groups excluding carboxylic acids is 1. The van der Waals surface area contributed by atoms with Gasteiger partial charge < -0.3 is 15.7 Å². The predicted octanol–water partition coefficient (Wildman–Crippen LogP) is 1.41. The van der Waals surface area contributed by atoms with Crippen molar-refractivity contribution in [2.24, 2.45) is 5.92 Å². The van der Waals surface area contributed by atoms with Crippen LogP contribution in [0.4, 0.5) is 4.79 Å². The number of nitrogens with zero attached hydrogens (tertiary/aromatic N) is 1. The fourth-order valence-corrected chi connectivity index (χ4v) is 3.37. The Bertz CT molecular complexity index is 375. The number of carboxylic acids is 1. The van der Waals surface area contributed by atoms with Gasteiger partial charge in [0.05, 0.1) is 0 Å². The third kappa shape index (κ3) is 4.88. The second kappa shape index (κ2) is 7.64. The van der Waals surface area contributed by atoms with Crippen molar-refractivity contribution in [3.63, 3.8) is 0 Å². The number of fused-ring (bicyclic) bond motifs is 1. The Morgan fingerprint density at radius 1 is 1.29 bits per heavy atom. The van der Waals surface area contributed by atoms with Crippen LogP contribution in [-0.2, 0) is 4.79 Å². The van der Waals surface area contributed by atoms with Gasteiger partial charge in [-0.2, -0.15) is 0 Å². The average molecular weight is 297 g/mol. The number of hydrogen-bond donors (Lipinski definition) is 3. The largest absolute Gasteiger partial charge is 0.481 e. The van der Waals surface area contributed by atoms with E-state index in [1.807, 2.05) is 6.92 Å². The van der Waals surface area contributed by atoms with Gasteiger partial charge in [-0.05, 0) is 38.1 Å². The standard InChI is InChI=1S/C15H27N3O3/c1-11(5-6-14(19)20)10-16-15(21)17-12-7-9-18-8-3-2-4-13(12)18/h11-13H,2-10H2,1H3,(H,19,20)(H2,16,17,21). The van der Waals surface area contributed by atoms with Crippen molar-refractivity contribution < 1.29 is 14.7 Å². The first-order valence-corrected chi connectivity index (χ1v) is 8.06. The van der Waals surface area contributed by atoms with E-state index in [2.05, 4.69) is 15.5 Å². The van der Waals surface area contributed by atoms with E-state index in [0.29, 0.717) is 19.0 Å². The Hall–Kier alpha value is -1.30. The normalized spacial score (nSPS) is 26.9. The minimum Gasteiger partial charge on any atom is -0.481 e. The van der Waals surface area contributed by atoms with Gasteiger partial charge in [0, 0.05) is 31.6 Å². The molecule has 3 atom stereocenters. The van der Waals surface area contributed by atoms with Gasteiger partial charge in [-0.3, -0.25) is 9.69 Å². The Morgan fingerprint density at radius 3 is 2.86 bits per heavy atom. The maximum atomic E-state index is 12.0. The van der Waals surface area contributed by atoms with Gasteiger partial charge in [0.1, 0.15) is 0 Å². The van der Waals surface area contributed by atoms with E-state index in [-0.39, 0.29) is 24.4 Å². The second-order valence-corrected chi connectivity index (χ2v) is 6.39. The van der Waals surface area contributed by atoms with Crippen LogP contribution in [0.1, 0.15) is 45.4 Å². The van der Waals surface area contributed by atoms with E-state index in [1.54, 1.807) is 0 Å². The van der Waals surface area contributed by atoms with Crippen LogP contribution >= 0.6 is 0 Å². The molecule has 3 N–H and O–H groups in total. The van der Waals surface area contributed by atoms with Gasteiger partial charge in [0.2, 0.25) is 0 Å². The minimum absolute atomic E-state index is 0.116. The van der Waals surface area contributed by atoms with E-state index in [4.69, 9.17) is 5.11 Å². The Labute approximate surface area is 126 Å². The topological polar surface area (TPSA) is 81.7 Å². The summed E-state index contributed by atoms with van der Waals surface area (Å²) in [6, 6.07) is 0.656. The number of rotatable bonds is 6. The lowest BCUT2D eigenvalue weighted by Gasteiger charge is -2.32. The van der Waals surface area contributed by atoms with Crippen LogP contribution in [0.3, 0.4) is 0 Å². The summed E-state index contributed by atoms with van der Waals surface area (Å²) < 4.78 is 0. The molecule has 0 bridgehead atoms. The molecular formula is C15H27N3O3. The number of nitrogens with one attached hydrogen (secondary N) is 2. The minimum atomic E-state index is -0.783. The summed E-state index contributed by atoms with van der Waals surface area (Å²) in [6.45, 7) is 4.74. The van der Waals surface area contributed by atoms with E-state index < -0.39 is 5.97 Å². The fourth-order valence-electron chi connectivity index (χ4n) is 3.37. The Kier molecular flexibility index (Phi) is 5.85. The molecule has 2 aliphatic heterocycles. The zero-order valence-corrected chi connectivity index (χ0v) is 12.8. The first-order chi connectivity index (χ1) is 10.1. The van der Waals surface area contributed by atoms with E-state index >= 15 is 0 Å². The molecule has 2 rings (SSSR count). The number of piperidine rings is 1. The highest BCUT2D eigenvalue weighted by Gasteiger charge is 2.36. The molecule has 2 saturated heterocycles. The lowest BCUT2D eigenvalue weighted by atomic mass is 9.99. The first kappa shape index (κ1) is 16.1. The predicted molar refractivity (Wildman–Crippen MR) is 80.2 cm³/mol. The van der Waals surface area contributed by atoms with Crippen LogP contribution in [0.5, 0.6) is 0 Å². The van der Waals surface area contributed by atoms with E-state index in [1.165, 1.54) is 19.3 Å². The molecule has 0 aromatic heterocycles. The second-order valence-electron chi connectivity index (χ2n) is 6.39. The molecule has 0 saturated carbocycles. The van der Waals surface area contributed by atoms with Gasteiger partial charge in [-0.15, -0.1) is 0 Å². The highest BCUT2D eigenvalue weighted by Crippen LogP contribution is 2.26. The van der Waals surface area contributed by atoms with Gasteiger partial charge in [-0.25, -0.2) is 4.79 Å². The van der Waals surface area contributed by atoms with Crippen LogP contribution in [0.25, 0.3) is 0 Å². The summed E-state index contributed by atoms with van der Waals surface area (Å²) in [5.74, 6) is -0.601. The van der Waals surface area contributed by atoms with Crippen molar-refractivity contribution in [1.82, 2.24) is 15.5 Å². The molecule has 3 unspecified atom stereocenters. The third-order valence-electron chi connectivity index (χ3n) is 4.63. The van der Waals surface area contributed by atoms with Crippen LogP contribution in [0.15, 0.2) is 0 Å². The Balaban J connectivity index is 1.66. The zero-order chi connectivity index (χ0) is 15.2. The van der Waals surface area contributed by atoms with Crippen molar-refractivity contribution in [2.75, 3.05) is 19.6 Å². The van der Waals surface area contributed by atoms with Gasteiger partial charge in [0.25, 0.3) is 0 Å².